The molecule has 8 heteroatoms. The zero-order valence-electron chi connectivity index (χ0n) is 13.8. The lowest BCUT2D eigenvalue weighted by atomic mass is 10.1. The largest absolute Gasteiger partial charge is 0.454 e. The van der Waals surface area contributed by atoms with Crippen LogP contribution in [0.4, 0.5) is 0 Å². The lowest BCUT2D eigenvalue weighted by molar-refractivity contribution is -0.124. The van der Waals surface area contributed by atoms with Gasteiger partial charge in [-0.15, -0.1) is 0 Å². The van der Waals surface area contributed by atoms with Crippen LogP contribution in [0.5, 0.6) is 11.5 Å². The number of fused-ring (bicyclic) bond motifs is 1. The SMILES string of the molecule is CC(NC(=O)COC(=O)c1ccc2c(c1)OCO2)c1ccc(Cl)cc1Cl. The third kappa shape index (κ3) is 4.20. The molecule has 1 amide bonds. The number of halogens is 2. The molecule has 0 spiro atoms. The van der Waals surface area contributed by atoms with E-state index in [-0.39, 0.29) is 18.4 Å². The predicted molar refractivity (Wildman–Crippen MR) is 95.9 cm³/mol. The van der Waals surface area contributed by atoms with Crippen molar-refractivity contribution in [2.24, 2.45) is 0 Å². The summed E-state index contributed by atoms with van der Waals surface area (Å²) in [7, 11) is 0. The third-order valence-corrected chi connectivity index (χ3v) is 4.31. The number of carbonyl (C=O) groups is 2. The van der Waals surface area contributed by atoms with Crippen LogP contribution in [0.3, 0.4) is 0 Å². The summed E-state index contributed by atoms with van der Waals surface area (Å²) in [5, 5.41) is 3.67. The van der Waals surface area contributed by atoms with E-state index in [0.29, 0.717) is 27.1 Å². The average molecular weight is 396 g/mol. The minimum atomic E-state index is -0.629. The summed E-state index contributed by atoms with van der Waals surface area (Å²) in [6.45, 7) is 1.47. The van der Waals surface area contributed by atoms with E-state index in [1.165, 1.54) is 6.07 Å². The fourth-order valence-electron chi connectivity index (χ4n) is 2.45. The Labute approximate surface area is 159 Å². The molecule has 1 atom stereocenters. The van der Waals surface area contributed by atoms with Crippen molar-refractivity contribution >= 4 is 35.1 Å². The van der Waals surface area contributed by atoms with Crippen molar-refractivity contribution in [2.45, 2.75) is 13.0 Å². The molecule has 1 aliphatic rings. The number of hydrogen-bond donors (Lipinski definition) is 1. The lowest BCUT2D eigenvalue weighted by Gasteiger charge is -2.16. The molecule has 1 heterocycles. The summed E-state index contributed by atoms with van der Waals surface area (Å²) in [6.07, 6.45) is 0. The van der Waals surface area contributed by atoms with Crippen molar-refractivity contribution in [1.82, 2.24) is 5.32 Å². The molecule has 2 aromatic carbocycles. The Morgan fingerprint density at radius 3 is 2.69 bits per heavy atom. The highest BCUT2D eigenvalue weighted by atomic mass is 35.5. The van der Waals surface area contributed by atoms with Gasteiger partial charge in [0.2, 0.25) is 6.79 Å². The molecular weight excluding hydrogens is 381 g/mol. The smallest absolute Gasteiger partial charge is 0.338 e. The van der Waals surface area contributed by atoms with Gasteiger partial charge in [0.1, 0.15) is 0 Å². The topological polar surface area (TPSA) is 73.9 Å². The fraction of sp³-hybridized carbons (Fsp3) is 0.222. The van der Waals surface area contributed by atoms with Crippen molar-refractivity contribution in [2.75, 3.05) is 13.4 Å². The minimum Gasteiger partial charge on any atom is -0.454 e. The van der Waals surface area contributed by atoms with Crippen LogP contribution in [0, 0.1) is 0 Å². The van der Waals surface area contributed by atoms with E-state index in [9.17, 15) is 9.59 Å². The molecule has 0 aromatic heterocycles. The van der Waals surface area contributed by atoms with Crippen LogP contribution in [0.2, 0.25) is 10.0 Å². The Morgan fingerprint density at radius 2 is 1.92 bits per heavy atom. The number of esters is 1. The highest BCUT2D eigenvalue weighted by molar-refractivity contribution is 6.35. The molecule has 0 saturated heterocycles. The highest BCUT2D eigenvalue weighted by Gasteiger charge is 2.18. The molecule has 1 N–H and O–H groups in total. The van der Waals surface area contributed by atoms with Gasteiger partial charge in [0.15, 0.2) is 18.1 Å². The van der Waals surface area contributed by atoms with Crippen LogP contribution in [-0.4, -0.2) is 25.3 Å². The van der Waals surface area contributed by atoms with Crippen molar-refractivity contribution in [1.29, 1.82) is 0 Å². The van der Waals surface area contributed by atoms with Crippen molar-refractivity contribution in [3.05, 3.63) is 57.6 Å². The molecule has 0 aliphatic carbocycles. The van der Waals surface area contributed by atoms with E-state index >= 15 is 0 Å². The number of rotatable bonds is 5. The van der Waals surface area contributed by atoms with Crippen molar-refractivity contribution < 1.29 is 23.8 Å². The second-order valence-corrected chi connectivity index (χ2v) is 6.44. The quantitative estimate of drug-likeness (QED) is 0.780. The van der Waals surface area contributed by atoms with E-state index in [4.69, 9.17) is 37.4 Å². The Kier molecular flexibility index (Phi) is 5.54. The van der Waals surface area contributed by atoms with Crippen LogP contribution in [0.1, 0.15) is 28.9 Å². The van der Waals surface area contributed by atoms with Crippen LogP contribution >= 0.6 is 23.2 Å². The number of ether oxygens (including phenoxy) is 3. The zero-order valence-corrected chi connectivity index (χ0v) is 15.3. The summed E-state index contributed by atoms with van der Waals surface area (Å²) in [5.74, 6) is -0.0453. The lowest BCUT2D eigenvalue weighted by Crippen LogP contribution is -2.31. The number of nitrogens with one attached hydrogen (secondary N) is 1. The van der Waals surface area contributed by atoms with Crippen LogP contribution in [0.15, 0.2) is 36.4 Å². The summed E-state index contributed by atoms with van der Waals surface area (Å²) in [6, 6.07) is 9.32. The molecular formula is C18H15Cl2NO5. The Balaban J connectivity index is 1.54. The van der Waals surface area contributed by atoms with Gasteiger partial charge in [-0.25, -0.2) is 4.79 Å². The normalized spacial score (nSPS) is 13.2. The first-order chi connectivity index (χ1) is 12.4. The van der Waals surface area contributed by atoms with Gasteiger partial charge >= 0.3 is 5.97 Å². The maximum Gasteiger partial charge on any atom is 0.338 e. The standard InChI is InChI=1S/C18H15Cl2NO5/c1-10(13-4-3-12(19)7-14(13)20)21-17(22)8-24-18(23)11-2-5-15-16(6-11)26-9-25-15/h2-7,10H,8-9H2,1H3,(H,21,22). The maximum atomic E-state index is 12.1. The summed E-state index contributed by atoms with van der Waals surface area (Å²) < 4.78 is 15.4. The zero-order chi connectivity index (χ0) is 18.7. The first kappa shape index (κ1) is 18.4. The van der Waals surface area contributed by atoms with Gasteiger partial charge < -0.3 is 19.5 Å². The van der Waals surface area contributed by atoms with Gasteiger partial charge in [-0.05, 0) is 42.8 Å². The first-order valence-electron chi connectivity index (χ1n) is 7.75. The molecule has 6 nitrogen and oxygen atoms in total. The first-order valence-corrected chi connectivity index (χ1v) is 8.50. The Bertz CT molecular complexity index is 855. The molecule has 0 radical (unpaired) electrons. The summed E-state index contributed by atoms with van der Waals surface area (Å²) in [5.41, 5.74) is 0.988. The third-order valence-electron chi connectivity index (χ3n) is 3.75. The van der Waals surface area contributed by atoms with E-state index in [0.717, 1.165) is 0 Å². The van der Waals surface area contributed by atoms with Gasteiger partial charge in [-0.1, -0.05) is 29.3 Å². The van der Waals surface area contributed by atoms with Gasteiger partial charge in [-0.3, -0.25) is 4.79 Å². The molecule has 0 fully saturated rings. The molecule has 3 rings (SSSR count). The van der Waals surface area contributed by atoms with Gasteiger partial charge in [0.25, 0.3) is 5.91 Å². The molecule has 0 bridgehead atoms. The van der Waals surface area contributed by atoms with Crippen LogP contribution in [-0.2, 0) is 9.53 Å². The monoisotopic (exact) mass is 395 g/mol. The summed E-state index contributed by atoms with van der Waals surface area (Å²) >= 11 is 12.0. The van der Waals surface area contributed by atoms with E-state index in [1.54, 1.807) is 37.3 Å². The molecule has 1 aliphatic heterocycles. The second-order valence-electron chi connectivity index (χ2n) is 5.60. The highest BCUT2D eigenvalue weighted by Crippen LogP contribution is 2.32. The molecule has 1 unspecified atom stereocenters. The number of benzene rings is 2. The van der Waals surface area contributed by atoms with Crippen molar-refractivity contribution in [3.63, 3.8) is 0 Å². The minimum absolute atomic E-state index is 0.112. The number of carbonyl (C=O) groups excluding carboxylic acids is 2. The maximum absolute atomic E-state index is 12.1. The number of hydrogen-bond acceptors (Lipinski definition) is 5. The molecule has 136 valence electrons. The Hall–Kier alpha value is -2.44. The van der Waals surface area contributed by atoms with Gasteiger partial charge in [0.05, 0.1) is 11.6 Å². The second kappa shape index (κ2) is 7.85. The molecule has 2 aromatic rings. The van der Waals surface area contributed by atoms with Crippen LogP contribution in [0.25, 0.3) is 0 Å². The van der Waals surface area contributed by atoms with Gasteiger partial charge in [0, 0.05) is 10.0 Å². The van der Waals surface area contributed by atoms with Crippen LogP contribution < -0.4 is 14.8 Å². The van der Waals surface area contributed by atoms with E-state index < -0.39 is 18.5 Å². The number of amides is 1. The summed E-state index contributed by atoms with van der Waals surface area (Å²) in [4.78, 5) is 24.1. The Morgan fingerprint density at radius 1 is 1.15 bits per heavy atom. The fourth-order valence-corrected chi connectivity index (χ4v) is 3.02. The van der Waals surface area contributed by atoms with Gasteiger partial charge in [-0.2, -0.15) is 0 Å². The average Bonchev–Trinajstić information content (AvgIpc) is 3.07. The van der Waals surface area contributed by atoms with Crippen molar-refractivity contribution in [3.8, 4) is 11.5 Å². The molecule has 26 heavy (non-hydrogen) atoms. The predicted octanol–water partition coefficient (Wildman–Crippen LogP) is 3.76. The van der Waals surface area contributed by atoms with E-state index in [2.05, 4.69) is 5.32 Å². The van der Waals surface area contributed by atoms with E-state index in [1.807, 2.05) is 0 Å². The molecule has 0 saturated carbocycles.